The van der Waals surface area contributed by atoms with E-state index >= 15 is 0 Å². The van der Waals surface area contributed by atoms with Crippen molar-refractivity contribution in [2.75, 3.05) is 16.9 Å². The number of hydrogen-bond donors (Lipinski definition) is 3. The number of hydrogen-bond acceptors (Lipinski definition) is 10. The van der Waals surface area contributed by atoms with Crippen LogP contribution in [0.4, 0.5) is 37.2 Å². The van der Waals surface area contributed by atoms with E-state index in [9.17, 15) is 40.7 Å². The Morgan fingerprint density at radius 2 is 1.82 bits per heavy atom. The molecule has 0 fully saturated rings. The molecule has 0 radical (unpaired) electrons. The van der Waals surface area contributed by atoms with Crippen LogP contribution in [0.15, 0.2) is 71.6 Å². The minimum Gasteiger partial charge on any atom is -0.465 e. The zero-order valence-electron chi connectivity index (χ0n) is 24.5. The molecule has 4 N–H and O–H groups in total. The van der Waals surface area contributed by atoms with Crippen LogP contribution in [-0.4, -0.2) is 52.8 Å². The predicted molar refractivity (Wildman–Crippen MR) is 164 cm³/mol. The highest BCUT2D eigenvalue weighted by Gasteiger charge is 2.48. The number of nitrogens with two attached hydrogens (primary N) is 1. The van der Waals surface area contributed by atoms with Gasteiger partial charge in [-0.3, -0.25) is 4.79 Å². The molecule has 6 rings (SSSR count). The zero-order valence-corrected chi connectivity index (χ0v) is 25.3. The number of halogens is 6. The number of rotatable bonds is 9. The first-order valence-electron chi connectivity index (χ1n) is 14.1. The van der Waals surface area contributed by atoms with E-state index < -0.39 is 52.8 Å². The van der Waals surface area contributed by atoms with Crippen LogP contribution in [0.1, 0.15) is 16.9 Å². The van der Waals surface area contributed by atoms with Gasteiger partial charge in [0, 0.05) is 41.4 Å². The summed E-state index contributed by atoms with van der Waals surface area (Å²) in [5.74, 6) is -7.78. The second-order valence-electron chi connectivity index (χ2n) is 10.5. The molecule has 3 aromatic heterocycles. The lowest BCUT2D eigenvalue weighted by atomic mass is 10.0. The molecule has 1 aliphatic heterocycles. The summed E-state index contributed by atoms with van der Waals surface area (Å²) in [6.45, 7) is 0.233. The van der Waals surface area contributed by atoms with Crippen molar-refractivity contribution in [2.45, 2.75) is 24.8 Å². The monoisotopic (exact) mass is 705 g/mol. The van der Waals surface area contributed by atoms with Crippen molar-refractivity contribution in [2.24, 2.45) is 5.73 Å². The highest BCUT2D eigenvalue weighted by atomic mass is 32.1. The van der Waals surface area contributed by atoms with E-state index in [-0.39, 0.29) is 39.0 Å². The summed E-state index contributed by atoms with van der Waals surface area (Å²) in [4.78, 5) is 49.0. The average Bonchev–Trinajstić information content (AvgIpc) is 3.85. The number of alkyl halides is 6. The normalized spacial score (nSPS) is 14.7. The maximum Gasteiger partial charge on any atom is 0.493 e. The number of para-hydroxylation sites is 1. The summed E-state index contributed by atoms with van der Waals surface area (Å²) < 4.78 is 89.6. The van der Waals surface area contributed by atoms with Gasteiger partial charge in [-0.1, -0.05) is 29.5 Å². The van der Waals surface area contributed by atoms with Gasteiger partial charge >= 0.3 is 24.3 Å². The molecule has 0 saturated heterocycles. The van der Waals surface area contributed by atoms with Crippen LogP contribution in [0, 0.1) is 0 Å². The number of carbonyl (C=O) groups is 3. The lowest BCUT2D eigenvalue weighted by molar-refractivity contribution is -0.201. The van der Waals surface area contributed by atoms with Gasteiger partial charge < -0.3 is 30.0 Å². The Balaban J connectivity index is 1.35. The van der Waals surface area contributed by atoms with E-state index in [1.807, 2.05) is 30.5 Å². The summed E-state index contributed by atoms with van der Waals surface area (Å²) in [5.41, 5.74) is 6.30. The van der Waals surface area contributed by atoms with Crippen molar-refractivity contribution in [3.8, 4) is 16.2 Å². The van der Waals surface area contributed by atoms with Crippen molar-refractivity contribution < 1.29 is 54.7 Å². The number of carbonyl (C=O) groups excluding carboxylic acids is 3. The van der Waals surface area contributed by atoms with E-state index in [1.54, 1.807) is 0 Å². The van der Waals surface area contributed by atoms with E-state index in [0.29, 0.717) is 6.42 Å². The average molecular weight is 706 g/mol. The predicted octanol–water partition coefficient (Wildman–Crippen LogP) is 6.24. The van der Waals surface area contributed by atoms with Gasteiger partial charge in [0.05, 0.1) is 28.0 Å². The number of esters is 1. The molecule has 0 unspecified atom stereocenters. The lowest BCUT2D eigenvalue weighted by Gasteiger charge is -2.18. The Hall–Kier alpha value is -5.62. The number of aromatic nitrogens is 2. The van der Waals surface area contributed by atoms with Gasteiger partial charge in [0.2, 0.25) is 0 Å². The molecule has 254 valence electrons. The van der Waals surface area contributed by atoms with Crippen LogP contribution >= 0.6 is 11.3 Å². The van der Waals surface area contributed by atoms with Crippen molar-refractivity contribution in [1.29, 1.82) is 0 Å². The molecule has 1 amide bonds. The van der Waals surface area contributed by atoms with Crippen molar-refractivity contribution >= 4 is 62.6 Å². The second-order valence-corrected chi connectivity index (χ2v) is 11.5. The van der Waals surface area contributed by atoms with Crippen LogP contribution in [0.3, 0.4) is 0 Å². The molecule has 2 aromatic carbocycles. The molecule has 18 heteroatoms. The summed E-state index contributed by atoms with van der Waals surface area (Å²) in [6.07, 6.45) is -5.29. The summed E-state index contributed by atoms with van der Waals surface area (Å²) >= 11 is 0.928. The first kappa shape index (κ1) is 33.3. The molecule has 11 nitrogen and oxygen atoms in total. The van der Waals surface area contributed by atoms with Gasteiger partial charge in [-0.05, 0) is 48.4 Å². The molecule has 0 aliphatic carbocycles. The molecule has 0 saturated carbocycles. The molecule has 1 aliphatic rings. The molecular weight excluding hydrogens is 684 g/mol. The number of nitrogens with one attached hydrogen (secondary N) is 2. The van der Waals surface area contributed by atoms with Crippen molar-refractivity contribution in [3.05, 3.63) is 84.1 Å². The first-order chi connectivity index (χ1) is 23.2. The molecule has 49 heavy (non-hydrogen) atoms. The number of aromatic amines is 1. The van der Waals surface area contributed by atoms with Gasteiger partial charge in [-0.2, -0.15) is 26.3 Å². The summed E-state index contributed by atoms with van der Waals surface area (Å²) in [6, 6.07) is 12.1. The minimum atomic E-state index is -5.54. The van der Waals surface area contributed by atoms with Crippen LogP contribution in [0.5, 0.6) is 5.75 Å². The third-order valence-corrected chi connectivity index (χ3v) is 8.13. The number of nitrogens with zero attached hydrogens (tertiary/aromatic N) is 2. The number of benzene rings is 2. The van der Waals surface area contributed by atoms with Crippen LogP contribution in [0.25, 0.3) is 33.0 Å². The van der Waals surface area contributed by atoms with Crippen molar-refractivity contribution in [3.63, 3.8) is 0 Å². The fourth-order valence-corrected chi connectivity index (χ4v) is 5.85. The van der Waals surface area contributed by atoms with E-state index in [1.165, 1.54) is 24.6 Å². The quantitative estimate of drug-likeness (QED) is 0.0700. The summed E-state index contributed by atoms with van der Waals surface area (Å²) in [7, 11) is 0. The Kier molecular flexibility index (Phi) is 8.68. The first-order valence-corrected chi connectivity index (χ1v) is 14.9. The van der Waals surface area contributed by atoms with Crippen molar-refractivity contribution in [1.82, 2.24) is 9.97 Å². The third-order valence-electron chi connectivity index (χ3n) is 7.14. The largest absolute Gasteiger partial charge is 0.493 e. The topological polar surface area (TPSA) is 153 Å². The SMILES string of the molecule is N[C@H](CNc1ncc(-c2ccc3c(c2OC(=O)C(F)(F)F)/C(=C/c2ccco2)C(=O)N3OC(=O)C(F)(F)F)s1)Cc1c[nH]c2ccccc12. The molecule has 5 aromatic rings. The zero-order chi connectivity index (χ0) is 35.1. The van der Waals surface area contributed by atoms with E-state index in [2.05, 4.69) is 20.1 Å². The smallest absolute Gasteiger partial charge is 0.465 e. The fraction of sp³-hybridized carbons (Fsp3) is 0.161. The van der Waals surface area contributed by atoms with E-state index in [4.69, 9.17) is 14.9 Å². The molecule has 0 bridgehead atoms. The van der Waals surface area contributed by atoms with Gasteiger partial charge in [0.1, 0.15) is 11.5 Å². The molecular formula is C31H21F6N5O6S. The maximum absolute atomic E-state index is 13.5. The van der Waals surface area contributed by atoms with Crippen LogP contribution in [0.2, 0.25) is 0 Å². The number of furan rings is 1. The Morgan fingerprint density at radius 1 is 1.06 bits per heavy atom. The Labute approximate surface area is 274 Å². The second kappa shape index (κ2) is 12.8. The molecule has 1 atom stereocenters. The fourth-order valence-electron chi connectivity index (χ4n) is 5.01. The number of H-pyrrole nitrogens is 1. The number of hydroxylamine groups is 1. The lowest BCUT2D eigenvalue weighted by Crippen LogP contribution is -2.36. The number of anilines is 2. The van der Waals surface area contributed by atoms with Crippen LogP contribution < -0.4 is 20.9 Å². The highest BCUT2D eigenvalue weighted by Crippen LogP contribution is 2.50. The van der Waals surface area contributed by atoms with E-state index in [0.717, 1.165) is 46.0 Å². The minimum absolute atomic E-state index is 0.0509. The van der Waals surface area contributed by atoms with Gasteiger partial charge in [0.25, 0.3) is 5.91 Å². The molecule has 4 heterocycles. The Bertz CT molecular complexity index is 2090. The number of amides is 1. The summed E-state index contributed by atoms with van der Waals surface area (Å²) in [5, 5.41) is 4.29. The standard InChI is InChI=1S/C31H21F6N5O6S/c32-30(33,34)27(44)47-25-19(23-14-41-29(49-23)40-13-16(38)10-15-12-39-21-6-2-1-5-18(15)21)7-8-22-24(25)20(11-17-4-3-9-46-17)26(43)42(22)48-28(45)31(35,36)37/h1-9,11-12,14,16,39H,10,13,38H2,(H,40,41)/b20-11-/t16-/m0/s1. The maximum atomic E-state index is 13.5. The molecule has 0 spiro atoms. The van der Waals surface area contributed by atoms with Crippen LogP contribution in [-0.2, 0) is 25.6 Å². The number of fused-ring (bicyclic) bond motifs is 2. The highest BCUT2D eigenvalue weighted by molar-refractivity contribution is 7.18. The Morgan fingerprint density at radius 3 is 2.53 bits per heavy atom. The third kappa shape index (κ3) is 6.86. The number of ether oxygens (including phenoxy) is 1. The van der Waals surface area contributed by atoms with Gasteiger partial charge in [-0.25, -0.2) is 14.6 Å². The van der Waals surface area contributed by atoms with Gasteiger partial charge in [0.15, 0.2) is 5.13 Å². The number of thiazole rings is 1. The van der Waals surface area contributed by atoms with Gasteiger partial charge in [-0.15, -0.1) is 5.06 Å².